The van der Waals surface area contributed by atoms with E-state index in [4.69, 9.17) is 20.2 Å². The van der Waals surface area contributed by atoms with E-state index in [1.165, 1.54) is 5.56 Å². The maximum atomic E-state index is 6.04. The van der Waals surface area contributed by atoms with Gasteiger partial charge in [0.05, 0.1) is 26.1 Å². The molecule has 36 heavy (non-hydrogen) atoms. The molecule has 2 N–H and O–H groups in total. The monoisotopic (exact) mass is 485 g/mol. The van der Waals surface area contributed by atoms with Crippen molar-refractivity contribution in [2.24, 2.45) is 0 Å². The number of benzene rings is 2. The summed E-state index contributed by atoms with van der Waals surface area (Å²) < 4.78 is 10.8. The third kappa shape index (κ3) is 5.16. The average Bonchev–Trinajstić information content (AvgIpc) is 2.93. The van der Waals surface area contributed by atoms with Crippen LogP contribution < -0.4 is 20.1 Å². The molecule has 1 aliphatic heterocycles. The van der Waals surface area contributed by atoms with Crippen LogP contribution in [0.5, 0.6) is 11.5 Å². The molecule has 2 aromatic heterocycles. The molecule has 0 spiro atoms. The fraction of sp³-hybridized carbons (Fsp3) is 0.333. The molecule has 9 heteroatoms. The lowest BCUT2D eigenvalue weighted by molar-refractivity contribution is 0.254. The number of hydrogen-bond acceptors (Lipinski definition) is 9. The Kier molecular flexibility index (Phi) is 7.08. The number of methoxy groups -OCH3 is 2. The second-order valence-electron chi connectivity index (χ2n) is 8.82. The van der Waals surface area contributed by atoms with Gasteiger partial charge in [0.2, 0.25) is 5.95 Å². The standard InChI is InChI=1S/C27H31N7O2/c1-35-22-11-10-20(17-23(22)36-2)21-18-29-25-24(30-21)26(32-27(28)31-25)34-15-13-33(14-16-34)12-6-9-19-7-4-3-5-8-19/h3-5,7-8,10-11,17-18H,6,9,12-16H2,1-2H3,(H2,28,29,31,32). The van der Waals surface area contributed by atoms with Crippen molar-refractivity contribution in [3.8, 4) is 22.8 Å². The number of anilines is 2. The third-order valence-corrected chi connectivity index (χ3v) is 6.54. The van der Waals surface area contributed by atoms with Crippen molar-refractivity contribution in [2.75, 3.05) is 57.6 Å². The van der Waals surface area contributed by atoms with Crippen LogP contribution in [0.1, 0.15) is 12.0 Å². The Bertz CT molecular complexity index is 1320. The lowest BCUT2D eigenvalue weighted by Gasteiger charge is -2.35. The molecule has 5 rings (SSSR count). The first-order valence-corrected chi connectivity index (χ1v) is 12.2. The Morgan fingerprint density at radius 2 is 1.67 bits per heavy atom. The molecule has 0 saturated carbocycles. The first-order chi connectivity index (χ1) is 17.6. The first kappa shape index (κ1) is 23.7. The van der Waals surface area contributed by atoms with E-state index in [9.17, 15) is 0 Å². The molecule has 0 unspecified atom stereocenters. The first-order valence-electron chi connectivity index (χ1n) is 12.2. The molecular weight excluding hydrogens is 454 g/mol. The Labute approximate surface area is 210 Å². The maximum Gasteiger partial charge on any atom is 0.224 e. The number of aryl methyl sites for hydroxylation is 1. The molecule has 9 nitrogen and oxygen atoms in total. The van der Waals surface area contributed by atoms with Gasteiger partial charge in [-0.1, -0.05) is 30.3 Å². The number of piperazine rings is 1. The highest BCUT2D eigenvalue weighted by molar-refractivity contribution is 5.86. The van der Waals surface area contributed by atoms with Crippen molar-refractivity contribution in [3.05, 3.63) is 60.3 Å². The minimum atomic E-state index is 0.205. The third-order valence-electron chi connectivity index (χ3n) is 6.54. The summed E-state index contributed by atoms with van der Waals surface area (Å²) in [4.78, 5) is 23.1. The number of nitrogen functional groups attached to an aromatic ring is 1. The summed E-state index contributed by atoms with van der Waals surface area (Å²) in [5, 5.41) is 0. The minimum absolute atomic E-state index is 0.205. The fourth-order valence-electron chi connectivity index (χ4n) is 4.60. The van der Waals surface area contributed by atoms with Gasteiger partial charge in [-0.15, -0.1) is 0 Å². The largest absolute Gasteiger partial charge is 0.493 e. The SMILES string of the molecule is COc1ccc(-c2cnc3nc(N)nc(N4CCN(CCCc5ccccc5)CC4)c3n2)cc1OC. The van der Waals surface area contributed by atoms with Gasteiger partial charge in [-0.25, -0.2) is 9.97 Å². The van der Waals surface area contributed by atoms with Gasteiger partial charge in [-0.05, 0) is 43.1 Å². The van der Waals surface area contributed by atoms with Crippen LogP contribution in [-0.2, 0) is 6.42 Å². The smallest absolute Gasteiger partial charge is 0.224 e. The number of rotatable bonds is 8. The zero-order valence-electron chi connectivity index (χ0n) is 20.7. The van der Waals surface area contributed by atoms with Gasteiger partial charge < -0.3 is 20.1 Å². The number of nitrogens with two attached hydrogens (primary N) is 1. The topological polar surface area (TPSA) is 103 Å². The summed E-state index contributed by atoms with van der Waals surface area (Å²) in [6.45, 7) is 4.70. The van der Waals surface area contributed by atoms with E-state index in [1.54, 1.807) is 20.4 Å². The Hall–Kier alpha value is -3.98. The predicted molar refractivity (Wildman–Crippen MR) is 141 cm³/mol. The maximum absolute atomic E-state index is 6.04. The van der Waals surface area contributed by atoms with Gasteiger partial charge >= 0.3 is 0 Å². The number of fused-ring (bicyclic) bond motifs is 1. The molecule has 186 valence electrons. The highest BCUT2D eigenvalue weighted by Crippen LogP contribution is 2.32. The molecule has 1 saturated heterocycles. The van der Waals surface area contributed by atoms with E-state index in [2.05, 4.69) is 55.1 Å². The van der Waals surface area contributed by atoms with Crippen LogP contribution >= 0.6 is 0 Å². The molecule has 0 atom stereocenters. The van der Waals surface area contributed by atoms with Crippen LogP contribution in [-0.4, -0.2) is 71.8 Å². The number of hydrogen-bond donors (Lipinski definition) is 1. The molecule has 0 aliphatic carbocycles. The van der Waals surface area contributed by atoms with E-state index in [1.807, 2.05) is 18.2 Å². The molecule has 0 bridgehead atoms. The van der Waals surface area contributed by atoms with E-state index in [0.29, 0.717) is 28.4 Å². The molecule has 2 aromatic carbocycles. The molecule has 0 radical (unpaired) electrons. The van der Waals surface area contributed by atoms with Crippen LogP contribution in [0.4, 0.5) is 11.8 Å². The van der Waals surface area contributed by atoms with Crippen LogP contribution in [0, 0.1) is 0 Å². The molecule has 1 aliphatic rings. The van der Waals surface area contributed by atoms with Crippen molar-refractivity contribution in [3.63, 3.8) is 0 Å². The average molecular weight is 486 g/mol. The Morgan fingerprint density at radius 3 is 2.42 bits per heavy atom. The second kappa shape index (κ2) is 10.7. The van der Waals surface area contributed by atoms with E-state index in [0.717, 1.165) is 56.9 Å². The second-order valence-corrected chi connectivity index (χ2v) is 8.82. The van der Waals surface area contributed by atoms with Crippen molar-refractivity contribution < 1.29 is 9.47 Å². The number of nitrogens with zero attached hydrogens (tertiary/aromatic N) is 6. The lowest BCUT2D eigenvalue weighted by atomic mass is 10.1. The minimum Gasteiger partial charge on any atom is -0.493 e. The van der Waals surface area contributed by atoms with E-state index < -0.39 is 0 Å². The van der Waals surface area contributed by atoms with Crippen molar-refractivity contribution in [1.29, 1.82) is 0 Å². The Balaban J connectivity index is 1.32. The molecular formula is C27H31N7O2. The van der Waals surface area contributed by atoms with E-state index in [-0.39, 0.29) is 5.95 Å². The van der Waals surface area contributed by atoms with Crippen LogP contribution in [0.25, 0.3) is 22.4 Å². The molecule has 4 aromatic rings. The zero-order valence-corrected chi connectivity index (χ0v) is 20.7. The van der Waals surface area contributed by atoms with Crippen molar-refractivity contribution >= 4 is 22.9 Å². The summed E-state index contributed by atoms with van der Waals surface area (Å²) >= 11 is 0. The van der Waals surface area contributed by atoms with Gasteiger partial charge in [0.25, 0.3) is 0 Å². The highest BCUT2D eigenvalue weighted by atomic mass is 16.5. The van der Waals surface area contributed by atoms with Gasteiger partial charge in [0.15, 0.2) is 28.5 Å². The summed E-state index contributed by atoms with van der Waals surface area (Å²) in [5.74, 6) is 2.23. The van der Waals surface area contributed by atoms with Crippen molar-refractivity contribution in [2.45, 2.75) is 12.8 Å². The van der Waals surface area contributed by atoms with E-state index >= 15 is 0 Å². The predicted octanol–water partition coefficient (Wildman–Crippen LogP) is 3.44. The lowest BCUT2D eigenvalue weighted by Crippen LogP contribution is -2.47. The summed E-state index contributed by atoms with van der Waals surface area (Å²) in [7, 11) is 3.23. The number of aromatic nitrogens is 4. The van der Waals surface area contributed by atoms with Gasteiger partial charge in [-0.2, -0.15) is 9.97 Å². The van der Waals surface area contributed by atoms with Crippen LogP contribution in [0.15, 0.2) is 54.7 Å². The number of ether oxygens (including phenoxy) is 2. The zero-order chi connectivity index (χ0) is 24.9. The Morgan fingerprint density at radius 1 is 0.889 bits per heavy atom. The van der Waals surface area contributed by atoms with Gasteiger partial charge in [-0.3, -0.25) is 4.90 Å². The van der Waals surface area contributed by atoms with Gasteiger partial charge in [0.1, 0.15) is 0 Å². The van der Waals surface area contributed by atoms with Crippen LogP contribution in [0.2, 0.25) is 0 Å². The molecule has 0 amide bonds. The van der Waals surface area contributed by atoms with Gasteiger partial charge in [0, 0.05) is 31.7 Å². The normalized spacial score (nSPS) is 14.2. The molecule has 1 fully saturated rings. The summed E-state index contributed by atoms with van der Waals surface area (Å²) in [6.07, 6.45) is 3.95. The van der Waals surface area contributed by atoms with Crippen molar-refractivity contribution in [1.82, 2.24) is 24.8 Å². The fourth-order valence-corrected chi connectivity index (χ4v) is 4.60. The quantitative estimate of drug-likeness (QED) is 0.402. The highest BCUT2D eigenvalue weighted by Gasteiger charge is 2.22. The summed E-state index contributed by atoms with van der Waals surface area (Å²) in [6, 6.07) is 16.3. The summed E-state index contributed by atoms with van der Waals surface area (Å²) in [5.41, 5.74) is 10.1. The van der Waals surface area contributed by atoms with Crippen LogP contribution in [0.3, 0.4) is 0 Å². The molecule has 3 heterocycles.